The Bertz CT molecular complexity index is 1320. The minimum atomic E-state index is -0.0712. The SMILES string of the molecule is Cc1nn(-c2ccccc2)c2nc3oc4ccccc4c(=O)c3cc12. The molecule has 0 fully saturated rings. The van der Waals surface area contributed by atoms with Crippen LogP contribution >= 0.6 is 0 Å². The van der Waals surface area contributed by atoms with E-state index in [1.165, 1.54) is 0 Å². The van der Waals surface area contributed by atoms with Crippen molar-refractivity contribution in [1.82, 2.24) is 14.8 Å². The van der Waals surface area contributed by atoms with Gasteiger partial charge in [-0.1, -0.05) is 30.3 Å². The number of nitrogens with zero attached hydrogens (tertiary/aromatic N) is 3. The summed E-state index contributed by atoms with van der Waals surface area (Å²) in [5.41, 5.74) is 3.20. The van der Waals surface area contributed by atoms with Crippen molar-refractivity contribution >= 4 is 33.1 Å². The highest BCUT2D eigenvalue weighted by Crippen LogP contribution is 2.25. The van der Waals surface area contributed by atoms with Crippen LogP contribution in [0, 0.1) is 6.92 Å². The molecule has 5 nitrogen and oxygen atoms in total. The molecule has 0 radical (unpaired) electrons. The summed E-state index contributed by atoms with van der Waals surface area (Å²) in [4.78, 5) is 17.4. The molecule has 0 saturated heterocycles. The van der Waals surface area contributed by atoms with E-state index in [1.54, 1.807) is 16.8 Å². The molecule has 0 saturated carbocycles. The fraction of sp³-hybridized carbons (Fsp3) is 0.0500. The number of aryl methyl sites for hydroxylation is 1. The van der Waals surface area contributed by atoms with Crippen LogP contribution in [0.2, 0.25) is 0 Å². The van der Waals surface area contributed by atoms with E-state index in [-0.39, 0.29) is 5.43 Å². The normalized spacial score (nSPS) is 11.6. The lowest BCUT2D eigenvalue weighted by atomic mass is 10.1. The lowest BCUT2D eigenvalue weighted by Crippen LogP contribution is -2.04. The van der Waals surface area contributed by atoms with Crippen molar-refractivity contribution in [3.05, 3.63) is 76.6 Å². The molecule has 0 atom stereocenters. The highest BCUT2D eigenvalue weighted by atomic mass is 16.3. The maximum atomic E-state index is 12.8. The van der Waals surface area contributed by atoms with Gasteiger partial charge in [-0.15, -0.1) is 0 Å². The summed E-state index contributed by atoms with van der Waals surface area (Å²) < 4.78 is 7.66. The molecule has 0 aliphatic carbocycles. The molecule has 2 aromatic carbocycles. The van der Waals surface area contributed by atoms with Crippen molar-refractivity contribution in [1.29, 1.82) is 0 Å². The summed E-state index contributed by atoms with van der Waals surface area (Å²) in [6, 6.07) is 18.8. The van der Waals surface area contributed by atoms with Crippen LogP contribution < -0.4 is 5.43 Å². The van der Waals surface area contributed by atoms with Gasteiger partial charge >= 0.3 is 0 Å². The molecule has 5 heteroatoms. The van der Waals surface area contributed by atoms with Gasteiger partial charge in [0.25, 0.3) is 0 Å². The van der Waals surface area contributed by atoms with Gasteiger partial charge in [0.15, 0.2) is 5.65 Å². The minimum Gasteiger partial charge on any atom is -0.437 e. The van der Waals surface area contributed by atoms with E-state index in [0.29, 0.717) is 27.7 Å². The maximum absolute atomic E-state index is 12.8. The Balaban J connectivity index is 1.93. The smallest absolute Gasteiger partial charge is 0.232 e. The van der Waals surface area contributed by atoms with E-state index in [9.17, 15) is 4.79 Å². The zero-order chi connectivity index (χ0) is 17.0. The third-order valence-corrected chi connectivity index (χ3v) is 4.39. The van der Waals surface area contributed by atoms with Crippen LogP contribution in [-0.2, 0) is 0 Å². The maximum Gasteiger partial charge on any atom is 0.232 e. The van der Waals surface area contributed by atoms with E-state index in [4.69, 9.17) is 4.42 Å². The topological polar surface area (TPSA) is 60.9 Å². The standard InChI is InChI=1S/C20H13N3O2/c1-12-15-11-16-18(24)14-9-5-6-10-17(14)25-20(16)21-19(15)23(22-12)13-7-3-2-4-8-13/h2-11H,1H3. The average molecular weight is 327 g/mol. The highest BCUT2D eigenvalue weighted by molar-refractivity contribution is 5.95. The molecular weight excluding hydrogens is 314 g/mol. The summed E-state index contributed by atoms with van der Waals surface area (Å²) in [5.74, 6) is 0. The van der Waals surface area contributed by atoms with Crippen LogP contribution in [0.3, 0.4) is 0 Å². The summed E-state index contributed by atoms with van der Waals surface area (Å²) in [7, 11) is 0. The van der Waals surface area contributed by atoms with Crippen LogP contribution in [0.5, 0.6) is 0 Å². The van der Waals surface area contributed by atoms with Crippen molar-refractivity contribution in [2.24, 2.45) is 0 Å². The van der Waals surface area contributed by atoms with Crippen molar-refractivity contribution in [3.63, 3.8) is 0 Å². The zero-order valence-corrected chi connectivity index (χ0v) is 13.4. The molecule has 120 valence electrons. The third kappa shape index (κ3) is 1.99. The molecule has 25 heavy (non-hydrogen) atoms. The summed E-state index contributed by atoms with van der Waals surface area (Å²) >= 11 is 0. The fourth-order valence-corrected chi connectivity index (χ4v) is 3.15. The Morgan fingerprint density at radius 3 is 2.52 bits per heavy atom. The van der Waals surface area contributed by atoms with Gasteiger partial charge in [0.1, 0.15) is 5.58 Å². The second-order valence-electron chi connectivity index (χ2n) is 5.97. The van der Waals surface area contributed by atoms with Gasteiger partial charge < -0.3 is 4.42 Å². The number of fused-ring (bicyclic) bond motifs is 3. The van der Waals surface area contributed by atoms with Gasteiger partial charge in [0, 0.05) is 5.39 Å². The van der Waals surface area contributed by atoms with Crippen molar-refractivity contribution < 1.29 is 4.42 Å². The molecule has 0 aliphatic rings. The first-order valence-corrected chi connectivity index (χ1v) is 8.00. The van der Waals surface area contributed by atoms with Gasteiger partial charge in [0.05, 0.1) is 22.2 Å². The second kappa shape index (κ2) is 5.01. The summed E-state index contributed by atoms with van der Waals surface area (Å²) in [6.07, 6.45) is 0. The number of aromatic nitrogens is 3. The first-order valence-electron chi connectivity index (χ1n) is 8.00. The van der Waals surface area contributed by atoms with Crippen LogP contribution in [0.1, 0.15) is 5.69 Å². The van der Waals surface area contributed by atoms with Gasteiger partial charge in [-0.2, -0.15) is 10.1 Å². The monoisotopic (exact) mass is 327 g/mol. The van der Waals surface area contributed by atoms with Gasteiger partial charge in [-0.25, -0.2) is 4.68 Å². The predicted octanol–water partition coefficient (Wildman–Crippen LogP) is 3.99. The molecule has 0 spiro atoms. The quantitative estimate of drug-likeness (QED) is 0.437. The average Bonchev–Trinajstić information content (AvgIpc) is 2.97. The number of hydrogen-bond acceptors (Lipinski definition) is 4. The Kier molecular flexibility index (Phi) is 2.79. The summed E-state index contributed by atoms with van der Waals surface area (Å²) in [5, 5.41) is 6.47. The van der Waals surface area contributed by atoms with Crippen LogP contribution in [0.15, 0.2) is 69.9 Å². The van der Waals surface area contributed by atoms with Gasteiger partial charge in [-0.3, -0.25) is 4.79 Å². The van der Waals surface area contributed by atoms with Crippen LogP contribution in [0.4, 0.5) is 0 Å². The molecule has 5 rings (SSSR count). The first-order chi connectivity index (χ1) is 12.2. The van der Waals surface area contributed by atoms with Crippen LogP contribution in [-0.4, -0.2) is 14.8 Å². The Hall–Kier alpha value is -3.47. The van der Waals surface area contributed by atoms with Gasteiger partial charge in [-0.05, 0) is 37.3 Å². The van der Waals surface area contributed by atoms with E-state index < -0.39 is 0 Å². The molecular formula is C20H13N3O2. The third-order valence-electron chi connectivity index (χ3n) is 4.39. The first kappa shape index (κ1) is 13.9. The van der Waals surface area contributed by atoms with Crippen molar-refractivity contribution in [3.8, 4) is 5.69 Å². The molecule has 0 N–H and O–H groups in total. The number of hydrogen-bond donors (Lipinski definition) is 0. The van der Waals surface area contributed by atoms with E-state index in [0.717, 1.165) is 16.8 Å². The van der Waals surface area contributed by atoms with Crippen molar-refractivity contribution in [2.75, 3.05) is 0 Å². The Labute approximate surface area is 142 Å². The highest BCUT2D eigenvalue weighted by Gasteiger charge is 2.15. The number of pyridine rings is 1. The van der Waals surface area contributed by atoms with Crippen molar-refractivity contribution in [2.45, 2.75) is 6.92 Å². The molecule has 0 aliphatic heterocycles. The predicted molar refractivity (Wildman–Crippen MR) is 97.2 cm³/mol. The molecule has 0 amide bonds. The summed E-state index contributed by atoms with van der Waals surface area (Å²) in [6.45, 7) is 1.91. The van der Waals surface area contributed by atoms with Gasteiger partial charge in [0.2, 0.25) is 11.1 Å². The van der Waals surface area contributed by atoms with E-state index in [2.05, 4.69) is 10.1 Å². The second-order valence-corrected chi connectivity index (χ2v) is 5.97. The molecule has 3 aromatic heterocycles. The molecule has 0 unspecified atom stereocenters. The number of para-hydroxylation sites is 2. The number of rotatable bonds is 1. The molecule has 5 aromatic rings. The van der Waals surface area contributed by atoms with Crippen LogP contribution in [0.25, 0.3) is 38.8 Å². The zero-order valence-electron chi connectivity index (χ0n) is 13.4. The Morgan fingerprint density at radius 1 is 0.920 bits per heavy atom. The van der Waals surface area contributed by atoms with E-state index in [1.807, 2.05) is 55.5 Å². The molecule has 3 heterocycles. The number of benzene rings is 2. The van der Waals surface area contributed by atoms with E-state index >= 15 is 0 Å². The lowest BCUT2D eigenvalue weighted by molar-refractivity contribution is 0.645. The largest absolute Gasteiger partial charge is 0.437 e. The minimum absolute atomic E-state index is 0.0712. The molecule has 0 bridgehead atoms. The Morgan fingerprint density at radius 2 is 1.68 bits per heavy atom. The fourth-order valence-electron chi connectivity index (χ4n) is 3.15. The lowest BCUT2D eigenvalue weighted by Gasteiger charge is -2.04.